The Hall–Kier alpha value is -2.23. The molecule has 1 aliphatic carbocycles. The van der Waals surface area contributed by atoms with Gasteiger partial charge in [-0.25, -0.2) is 9.97 Å². The highest BCUT2D eigenvalue weighted by Crippen LogP contribution is 2.38. The minimum Gasteiger partial charge on any atom is -0.423 e. The van der Waals surface area contributed by atoms with Gasteiger partial charge in [0.05, 0.1) is 12.4 Å². The summed E-state index contributed by atoms with van der Waals surface area (Å²) < 4.78 is 5.42. The number of benzene rings is 1. The largest absolute Gasteiger partial charge is 0.423 e. The van der Waals surface area contributed by atoms with E-state index in [0.29, 0.717) is 23.9 Å². The van der Waals surface area contributed by atoms with Gasteiger partial charge in [-0.2, -0.15) is 0 Å². The third-order valence-electron chi connectivity index (χ3n) is 7.55. The van der Waals surface area contributed by atoms with Crippen molar-refractivity contribution in [3.8, 4) is 17.1 Å². The van der Waals surface area contributed by atoms with Gasteiger partial charge in [0.15, 0.2) is 11.6 Å². The molecular formula is C31H46N2O2. The monoisotopic (exact) mass is 478 g/mol. The fourth-order valence-electron chi connectivity index (χ4n) is 5.30. The molecule has 2 aromatic rings. The molecule has 0 radical (unpaired) electrons. The second-order valence-corrected chi connectivity index (χ2v) is 10.4. The normalized spacial score (nSPS) is 17.9. The maximum Gasteiger partial charge on any atom is 0.311 e. The second kappa shape index (κ2) is 15.7. The summed E-state index contributed by atoms with van der Waals surface area (Å²) in [6.07, 6.45) is 22.9. The summed E-state index contributed by atoms with van der Waals surface area (Å²) in [6.45, 7) is 4.51. The second-order valence-electron chi connectivity index (χ2n) is 10.4. The number of hydrogen-bond acceptors (Lipinski definition) is 4. The molecule has 0 unspecified atom stereocenters. The molecule has 0 aliphatic heterocycles. The Balaban J connectivity index is 1.39. The highest BCUT2D eigenvalue weighted by atomic mass is 16.5. The van der Waals surface area contributed by atoms with E-state index in [1.165, 1.54) is 89.0 Å². The summed E-state index contributed by atoms with van der Waals surface area (Å²) in [6, 6.07) is 8.75. The van der Waals surface area contributed by atoms with E-state index in [1.54, 1.807) is 12.4 Å². The SMILES string of the molecule is CCCCCCCCCC(=O)Oc1cnc(-c2ccc(C3CCC(CCCCC)CC3)cc2)nc1. The summed E-state index contributed by atoms with van der Waals surface area (Å²) in [7, 11) is 0. The van der Waals surface area contributed by atoms with Gasteiger partial charge in [0.25, 0.3) is 0 Å². The molecule has 0 spiro atoms. The molecule has 4 nitrogen and oxygen atoms in total. The quantitative estimate of drug-likeness (QED) is 0.189. The van der Waals surface area contributed by atoms with Gasteiger partial charge in [-0.1, -0.05) is 102 Å². The molecule has 35 heavy (non-hydrogen) atoms. The van der Waals surface area contributed by atoms with Crippen LogP contribution in [-0.4, -0.2) is 15.9 Å². The Kier molecular flexibility index (Phi) is 12.3. The van der Waals surface area contributed by atoms with Crippen LogP contribution in [0.25, 0.3) is 11.4 Å². The van der Waals surface area contributed by atoms with Gasteiger partial charge < -0.3 is 4.74 Å². The molecule has 4 heteroatoms. The van der Waals surface area contributed by atoms with Crippen molar-refractivity contribution in [1.29, 1.82) is 0 Å². The first-order chi connectivity index (χ1) is 17.2. The van der Waals surface area contributed by atoms with Crippen molar-refractivity contribution in [3.63, 3.8) is 0 Å². The molecule has 0 saturated heterocycles. The van der Waals surface area contributed by atoms with Crippen LogP contribution in [0.4, 0.5) is 0 Å². The van der Waals surface area contributed by atoms with Crippen LogP contribution in [0.2, 0.25) is 0 Å². The van der Waals surface area contributed by atoms with E-state index >= 15 is 0 Å². The zero-order valence-corrected chi connectivity index (χ0v) is 22.1. The van der Waals surface area contributed by atoms with Crippen LogP contribution in [0.1, 0.15) is 128 Å². The fraction of sp³-hybridized carbons (Fsp3) is 0.645. The van der Waals surface area contributed by atoms with Crippen LogP contribution >= 0.6 is 0 Å². The van der Waals surface area contributed by atoms with Crippen molar-refractivity contribution >= 4 is 5.97 Å². The molecule has 1 aromatic carbocycles. The molecule has 1 aliphatic rings. The molecule has 192 valence electrons. The van der Waals surface area contributed by atoms with Crippen LogP contribution in [-0.2, 0) is 4.79 Å². The number of aromatic nitrogens is 2. The number of carbonyl (C=O) groups excluding carboxylic acids is 1. The van der Waals surface area contributed by atoms with Crippen molar-refractivity contribution < 1.29 is 9.53 Å². The van der Waals surface area contributed by atoms with Crippen molar-refractivity contribution in [2.24, 2.45) is 5.92 Å². The Morgan fingerprint density at radius 1 is 0.800 bits per heavy atom. The smallest absolute Gasteiger partial charge is 0.311 e. The molecule has 0 atom stereocenters. The molecule has 3 rings (SSSR count). The molecule has 1 heterocycles. The number of esters is 1. The first kappa shape index (κ1) is 27.4. The van der Waals surface area contributed by atoms with Crippen molar-refractivity contribution in [2.45, 2.75) is 122 Å². The topological polar surface area (TPSA) is 52.1 Å². The summed E-state index contributed by atoms with van der Waals surface area (Å²) in [5.41, 5.74) is 2.44. The van der Waals surface area contributed by atoms with E-state index in [1.807, 2.05) is 0 Å². The zero-order valence-electron chi connectivity index (χ0n) is 22.1. The average Bonchev–Trinajstić information content (AvgIpc) is 2.89. The Morgan fingerprint density at radius 3 is 2.06 bits per heavy atom. The lowest BCUT2D eigenvalue weighted by atomic mass is 9.77. The molecule has 1 fully saturated rings. The molecular weight excluding hydrogens is 432 g/mol. The van der Waals surface area contributed by atoms with Gasteiger partial charge in [-0.3, -0.25) is 4.79 Å². The standard InChI is InChI=1S/C31H46N2O2/c1-3-5-7-8-9-10-12-14-30(34)35-29-23-32-31(33-24-29)28-21-19-27(20-22-28)26-17-15-25(16-18-26)13-11-6-4-2/h19-26H,3-18H2,1-2H3. The Morgan fingerprint density at radius 2 is 1.40 bits per heavy atom. The van der Waals surface area contributed by atoms with Crippen LogP contribution in [0.3, 0.4) is 0 Å². The van der Waals surface area contributed by atoms with Crippen molar-refractivity contribution in [1.82, 2.24) is 9.97 Å². The van der Waals surface area contributed by atoms with E-state index in [2.05, 4.69) is 48.1 Å². The highest BCUT2D eigenvalue weighted by Gasteiger charge is 2.22. The van der Waals surface area contributed by atoms with Gasteiger partial charge in [-0.15, -0.1) is 0 Å². The molecule has 1 aromatic heterocycles. The number of hydrogen-bond donors (Lipinski definition) is 0. The number of ether oxygens (including phenoxy) is 1. The lowest BCUT2D eigenvalue weighted by Crippen LogP contribution is -2.13. The lowest BCUT2D eigenvalue weighted by Gasteiger charge is -2.29. The van der Waals surface area contributed by atoms with E-state index in [0.717, 1.165) is 24.3 Å². The van der Waals surface area contributed by atoms with Crippen LogP contribution < -0.4 is 4.74 Å². The van der Waals surface area contributed by atoms with Crippen LogP contribution in [0.5, 0.6) is 5.75 Å². The molecule has 1 saturated carbocycles. The number of carbonyl (C=O) groups is 1. The summed E-state index contributed by atoms with van der Waals surface area (Å²) in [5.74, 6) is 2.52. The van der Waals surface area contributed by atoms with Gasteiger partial charge in [0, 0.05) is 12.0 Å². The maximum atomic E-state index is 12.1. The third kappa shape index (κ3) is 9.74. The number of rotatable bonds is 15. The predicted octanol–water partition coefficient (Wildman–Crippen LogP) is 9.04. The Bertz CT molecular complexity index is 839. The van der Waals surface area contributed by atoms with Gasteiger partial charge in [-0.05, 0) is 49.5 Å². The van der Waals surface area contributed by atoms with Crippen molar-refractivity contribution in [2.75, 3.05) is 0 Å². The molecule has 0 N–H and O–H groups in total. The Labute approximate surface area is 213 Å². The summed E-state index contributed by atoms with van der Waals surface area (Å²) in [5, 5.41) is 0. The predicted molar refractivity (Wildman–Crippen MR) is 145 cm³/mol. The minimum absolute atomic E-state index is 0.195. The zero-order chi connectivity index (χ0) is 24.7. The van der Waals surface area contributed by atoms with E-state index < -0.39 is 0 Å². The summed E-state index contributed by atoms with van der Waals surface area (Å²) >= 11 is 0. The first-order valence-corrected chi connectivity index (χ1v) is 14.3. The van der Waals surface area contributed by atoms with Gasteiger partial charge in [0.1, 0.15) is 0 Å². The number of nitrogens with zero attached hydrogens (tertiary/aromatic N) is 2. The van der Waals surface area contributed by atoms with Gasteiger partial charge >= 0.3 is 5.97 Å². The maximum absolute atomic E-state index is 12.1. The average molecular weight is 479 g/mol. The minimum atomic E-state index is -0.195. The van der Waals surface area contributed by atoms with Crippen LogP contribution in [0, 0.1) is 5.92 Å². The van der Waals surface area contributed by atoms with Crippen LogP contribution in [0.15, 0.2) is 36.7 Å². The lowest BCUT2D eigenvalue weighted by molar-refractivity contribution is -0.134. The van der Waals surface area contributed by atoms with E-state index in [-0.39, 0.29) is 5.97 Å². The third-order valence-corrected chi connectivity index (χ3v) is 7.55. The van der Waals surface area contributed by atoms with Crippen molar-refractivity contribution in [3.05, 3.63) is 42.2 Å². The number of unbranched alkanes of at least 4 members (excludes halogenated alkanes) is 8. The molecule has 0 bridgehead atoms. The highest BCUT2D eigenvalue weighted by molar-refractivity contribution is 5.72. The van der Waals surface area contributed by atoms with Gasteiger partial charge in [0.2, 0.25) is 0 Å². The van der Waals surface area contributed by atoms with E-state index in [4.69, 9.17) is 4.74 Å². The fourth-order valence-corrected chi connectivity index (χ4v) is 5.30. The molecule has 0 amide bonds. The first-order valence-electron chi connectivity index (χ1n) is 14.3. The summed E-state index contributed by atoms with van der Waals surface area (Å²) in [4.78, 5) is 21.0. The van der Waals surface area contributed by atoms with E-state index in [9.17, 15) is 4.79 Å².